The van der Waals surface area contributed by atoms with Gasteiger partial charge in [-0.05, 0) is 31.9 Å². The predicted molar refractivity (Wildman–Crippen MR) is 75.0 cm³/mol. The predicted octanol–water partition coefficient (Wildman–Crippen LogP) is 2.98. The van der Waals surface area contributed by atoms with Gasteiger partial charge in [0.25, 0.3) is 0 Å². The van der Waals surface area contributed by atoms with Gasteiger partial charge in [-0.1, -0.05) is 13.8 Å². The fraction of sp³-hybridized carbons (Fsp3) is 0.462. The average molecular weight is 262 g/mol. The standard InChI is InChI=1S/C13H18N4S/c1-4-11-12(5-2)16-17-13(15-11)14-8-10-7-6-9(3)18-10/h6-7H,4-5,8H2,1-3H3,(H,14,15,17). The van der Waals surface area contributed by atoms with Gasteiger partial charge in [-0.15, -0.1) is 16.4 Å². The third-order valence-corrected chi connectivity index (χ3v) is 3.73. The highest BCUT2D eigenvalue weighted by atomic mass is 32.1. The van der Waals surface area contributed by atoms with Gasteiger partial charge in [-0.25, -0.2) is 4.98 Å². The second kappa shape index (κ2) is 5.91. The molecule has 0 aliphatic carbocycles. The lowest BCUT2D eigenvalue weighted by atomic mass is 10.2. The minimum atomic E-state index is 0.620. The molecule has 0 amide bonds. The first kappa shape index (κ1) is 13.0. The van der Waals surface area contributed by atoms with E-state index in [4.69, 9.17) is 0 Å². The summed E-state index contributed by atoms with van der Waals surface area (Å²) < 4.78 is 0. The van der Waals surface area contributed by atoms with Gasteiger partial charge in [-0.3, -0.25) is 0 Å². The molecule has 0 aliphatic rings. The molecular weight excluding hydrogens is 244 g/mol. The van der Waals surface area contributed by atoms with E-state index in [0.29, 0.717) is 5.95 Å². The molecule has 5 heteroatoms. The third kappa shape index (κ3) is 3.04. The summed E-state index contributed by atoms with van der Waals surface area (Å²) in [5.74, 6) is 0.620. The van der Waals surface area contributed by atoms with E-state index >= 15 is 0 Å². The summed E-state index contributed by atoms with van der Waals surface area (Å²) in [6.45, 7) is 7.04. The Morgan fingerprint density at radius 2 is 1.89 bits per heavy atom. The molecule has 0 unspecified atom stereocenters. The van der Waals surface area contributed by atoms with Crippen LogP contribution in [0.25, 0.3) is 0 Å². The minimum absolute atomic E-state index is 0.620. The molecule has 2 heterocycles. The molecule has 0 atom stereocenters. The number of hydrogen-bond donors (Lipinski definition) is 1. The van der Waals surface area contributed by atoms with Crippen molar-refractivity contribution in [3.05, 3.63) is 33.3 Å². The largest absolute Gasteiger partial charge is 0.348 e. The fourth-order valence-corrected chi connectivity index (χ4v) is 2.59. The summed E-state index contributed by atoms with van der Waals surface area (Å²) in [6, 6.07) is 4.25. The molecule has 0 bridgehead atoms. The Morgan fingerprint density at radius 1 is 1.11 bits per heavy atom. The van der Waals surface area contributed by atoms with E-state index in [1.165, 1.54) is 9.75 Å². The van der Waals surface area contributed by atoms with Crippen molar-refractivity contribution >= 4 is 17.3 Å². The summed E-state index contributed by atoms with van der Waals surface area (Å²) in [4.78, 5) is 7.11. The first-order valence-corrected chi connectivity index (χ1v) is 7.06. The van der Waals surface area contributed by atoms with Crippen molar-refractivity contribution in [2.45, 2.75) is 40.2 Å². The van der Waals surface area contributed by atoms with Crippen molar-refractivity contribution in [1.82, 2.24) is 15.2 Å². The maximum atomic E-state index is 4.50. The van der Waals surface area contributed by atoms with Crippen LogP contribution in [0.3, 0.4) is 0 Å². The van der Waals surface area contributed by atoms with E-state index < -0.39 is 0 Å². The quantitative estimate of drug-likeness (QED) is 0.900. The Morgan fingerprint density at radius 3 is 2.50 bits per heavy atom. The maximum Gasteiger partial charge on any atom is 0.243 e. The summed E-state index contributed by atoms with van der Waals surface area (Å²) in [6.07, 6.45) is 1.78. The van der Waals surface area contributed by atoms with Crippen molar-refractivity contribution < 1.29 is 0 Å². The highest BCUT2D eigenvalue weighted by Crippen LogP contribution is 2.16. The molecule has 2 aromatic rings. The van der Waals surface area contributed by atoms with Crippen LogP contribution >= 0.6 is 11.3 Å². The summed E-state index contributed by atoms with van der Waals surface area (Å²) in [5, 5.41) is 11.6. The fourth-order valence-electron chi connectivity index (χ4n) is 1.76. The average Bonchev–Trinajstić information content (AvgIpc) is 2.81. The Balaban J connectivity index is 2.05. The second-order valence-electron chi connectivity index (χ2n) is 4.10. The van der Waals surface area contributed by atoms with Gasteiger partial charge < -0.3 is 5.32 Å². The molecule has 2 rings (SSSR count). The smallest absolute Gasteiger partial charge is 0.243 e. The van der Waals surface area contributed by atoms with Crippen LogP contribution in [0.5, 0.6) is 0 Å². The first-order chi connectivity index (χ1) is 8.72. The molecule has 0 aliphatic heterocycles. The Hall–Kier alpha value is -1.49. The number of aromatic nitrogens is 3. The van der Waals surface area contributed by atoms with E-state index in [0.717, 1.165) is 30.8 Å². The number of nitrogens with zero attached hydrogens (tertiary/aromatic N) is 3. The zero-order valence-electron chi connectivity index (χ0n) is 11.0. The number of hydrogen-bond acceptors (Lipinski definition) is 5. The summed E-state index contributed by atoms with van der Waals surface area (Å²) >= 11 is 1.79. The molecule has 0 saturated carbocycles. The van der Waals surface area contributed by atoms with Gasteiger partial charge in [0.05, 0.1) is 17.9 Å². The lowest BCUT2D eigenvalue weighted by Crippen LogP contribution is -2.08. The first-order valence-electron chi connectivity index (χ1n) is 6.24. The van der Waals surface area contributed by atoms with E-state index in [1.807, 2.05) is 0 Å². The Labute approximate surface area is 111 Å². The van der Waals surface area contributed by atoms with Gasteiger partial charge in [-0.2, -0.15) is 5.10 Å². The zero-order chi connectivity index (χ0) is 13.0. The van der Waals surface area contributed by atoms with Crippen molar-refractivity contribution in [2.24, 2.45) is 0 Å². The minimum Gasteiger partial charge on any atom is -0.348 e. The monoisotopic (exact) mass is 262 g/mol. The van der Waals surface area contributed by atoms with Crippen LogP contribution in [0, 0.1) is 6.92 Å². The third-order valence-electron chi connectivity index (χ3n) is 2.73. The molecule has 0 radical (unpaired) electrons. The second-order valence-corrected chi connectivity index (χ2v) is 5.47. The molecule has 1 N–H and O–H groups in total. The SMILES string of the molecule is CCc1nnc(NCc2ccc(C)s2)nc1CC. The van der Waals surface area contributed by atoms with Crippen LogP contribution in [-0.4, -0.2) is 15.2 Å². The van der Waals surface area contributed by atoms with Crippen LogP contribution in [0.2, 0.25) is 0 Å². The molecule has 18 heavy (non-hydrogen) atoms. The zero-order valence-corrected chi connectivity index (χ0v) is 11.8. The van der Waals surface area contributed by atoms with Crippen molar-refractivity contribution in [1.29, 1.82) is 0 Å². The van der Waals surface area contributed by atoms with Crippen molar-refractivity contribution in [2.75, 3.05) is 5.32 Å². The van der Waals surface area contributed by atoms with Gasteiger partial charge in [0.15, 0.2) is 0 Å². The van der Waals surface area contributed by atoms with E-state index in [2.05, 4.69) is 53.4 Å². The van der Waals surface area contributed by atoms with E-state index in [1.54, 1.807) is 11.3 Å². The Kier molecular flexibility index (Phi) is 4.25. The number of aryl methyl sites for hydroxylation is 3. The van der Waals surface area contributed by atoms with Gasteiger partial charge in [0.1, 0.15) is 0 Å². The molecule has 0 fully saturated rings. The molecule has 0 aromatic carbocycles. The molecular formula is C13H18N4S. The molecule has 4 nitrogen and oxygen atoms in total. The molecule has 2 aromatic heterocycles. The van der Waals surface area contributed by atoms with Crippen LogP contribution < -0.4 is 5.32 Å². The highest BCUT2D eigenvalue weighted by Gasteiger charge is 2.06. The summed E-state index contributed by atoms with van der Waals surface area (Å²) in [5.41, 5.74) is 2.03. The van der Waals surface area contributed by atoms with E-state index in [-0.39, 0.29) is 0 Å². The lowest BCUT2D eigenvalue weighted by molar-refractivity contribution is 0.820. The van der Waals surface area contributed by atoms with Gasteiger partial charge in [0, 0.05) is 9.75 Å². The van der Waals surface area contributed by atoms with E-state index in [9.17, 15) is 0 Å². The number of thiophene rings is 1. The molecule has 0 spiro atoms. The Bertz CT molecular complexity index is 521. The van der Waals surface area contributed by atoms with Gasteiger partial charge >= 0.3 is 0 Å². The number of rotatable bonds is 5. The van der Waals surface area contributed by atoms with Crippen LogP contribution in [0.4, 0.5) is 5.95 Å². The van der Waals surface area contributed by atoms with Crippen LogP contribution in [-0.2, 0) is 19.4 Å². The summed E-state index contributed by atoms with van der Waals surface area (Å²) in [7, 11) is 0. The number of anilines is 1. The lowest BCUT2D eigenvalue weighted by Gasteiger charge is -2.06. The van der Waals surface area contributed by atoms with Crippen LogP contribution in [0.15, 0.2) is 12.1 Å². The number of nitrogens with one attached hydrogen (secondary N) is 1. The maximum absolute atomic E-state index is 4.50. The molecule has 96 valence electrons. The van der Waals surface area contributed by atoms with Crippen molar-refractivity contribution in [3.63, 3.8) is 0 Å². The normalized spacial score (nSPS) is 10.6. The van der Waals surface area contributed by atoms with Gasteiger partial charge in [0.2, 0.25) is 5.95 Å². The van der Waals surface area contributed by atoms with Crippen molar-refractivity contribution in [3.8, 4) is 0 Å². The topological polar surface area (TPSA) is 50.7 Å². The molecule has 0 saturated heterocycles. The highest BCUT2D eigenvalue weighted by molar-refractivity contribution is 7.11. The van der Waals surface area contributed by atoms with Crippen LogP contribution in [0.1, 0.15) is 35.0 Å².